The summed E-state index contributed by atoms with van der Waals surface area (Å²) in [5.74, 6) is 2.39. The summed E-state index contributed by atoms with van der Waals surface area (Å²) < 4.78 is 5.81. The molecule has 1 aromatic carbocycles. The number of aromatic nitrogens is 2. The quantitative estimate of drug-likeness (QED) is 0.457. The number of benzene rings is 1. The molecule has 0 aliphatic carbocycles. The first-order valence-electron chi connectivity index (χ1n) is 7.28. The zero-order chi connectivity index (χ0) is 15.6. The van der Waals surface area contributed by atoms with Crippen LogP contribution in [0.2, 0.25) is 0 Å². The lowest BCUT2D eigenvalue weighted by Crippen LogP contribution is -1.86. The first-order valence-corrected chi connectivity index (χ1v) is 9.14. The van der Waals surface area contributed by atoms with Crippen molar-refractivity contribution in [3.63, 3.8) is 0 Å². The third kappa shape index (κ3) is 2.90. The number of oxazole rings is 1. The Hall–Kier alpha value is -2.11. The van der Waals surface area contributed by atoms with Gasteiger partial charge < -0.3 is 4.42 Å². The van der Waals surface area contributed by atoms with E-state index in [-0.39, 0.29) is 0 Å². The van der Waals surface area contributed by atoms with Crippen molar-refractivity contribution in [2.45, 2.75) is 17.6 Å². The van der Waals surface area contributed by atoms with Crippen LogP contribution in [0.25, 0.3) is 21.7 Å². The molecule has 0 radical (unpaired) electrons. The summed E-state index contributed by atoms with van der Waals surface area (Å²) in [6.07, 6.45) is 1.86. The standard InChI is InChI=1S/C18H14N2OS2/c1-12-15(20-18(21-12)17-7-4-10-22-17)11-23-16-8-9-19-14-6-3-2-5-13(14)16/h2-10H,11H2,1H3. The molecule has 0 saturated carbocycles. The predicted molar refractivity (Wildman–Crippen MR) is 95.9 cm³/mol. The number of fused-ring (bicyclic) bond motifs is 1. The molecule has 4 aromatic rings. The Morgan fingerprint density at radius 1 is 1.13 bits per heavy atom. The van der Waals surface area contributed by atoms with Crippen LogP contribution < -0.4 is 0 Å². The van der Waals surface area contributed by atoms with Crippen molar-refractivity contribution in [1.29, 1.82) is 0 Å². The van der Waals surface area contributed by atoms with E-state index in [9.17, 15) is 0 Å². The third-order valence-corrected chi connectivity index (χ3v) is 5.54. The number of hydrogen-bond acceptors (Lipinski definition) is 5. The second kappa shape index (κ2) is 6.18. The normalized spacial score (nSPS) is 11.2. The topological polar surface area (TPSA) is 38.9 Å². The molecule has 0 aliphatic rings. The smallest absolute Gasteiger partial charge is 0.236 e. The Balaban J connectivity index is 1.59. The molecule has 23 heavy (non-hydrogen) atoms. The lowest BCUT2D eigenvalue weighted by molar-refractivity contribution is 0.542. The van der Waals surface area contributed by atoms with Crippen LogP contribution in [0, 0.1) is 6.92 Å². The van der Waals surface area contributed by atoms with Gasteiger partial charge >= 0.3 is 0 Å². The van der Waals surface area contributed by atoms with Gasteiger partial charge in [0.2, 0.25) is 5.89 Å². The second-order valence-corrected chi connectivity index (χ2v) is 7.08. The van der Waals surface area contributed by atoms with Crippen molar-refractivity contribution in [3.05, 3.63) is 65.5 Å². The molecule has 0 bridgehead atoms. The summed E-state index contributed by atoms with van der Waals surface area (Å²) in [5, 5.41) is 3.21. The average molecular weight is 338 g/mol. The fraction of sp³-hybridized carbons (Fsp3) is 0.111. The maximum Gasteiger partial charge on any atom is 0.236 e. The Bertz CT molecular complexity index is 939. The highest BCUT2D eigenvalue weighted by atomic mass is 32.2. The minimum atomic E-state index is 0.715. The van der Waals surface area contributed by atoms with Gasteiger partial charge in [0.15, 0.2) is 0 Å². The number of hydrogen-bond donors (Lipinski definition) is 0. The molecule has 0 unspecified atom stereocenters. The van der Waals surface area contributed by atoms with Crippen molar-refractivity contribution in [2.75, 3.05) is 0 Å². The maximum absolute atomic E-state index is 5.81. The Morgan fingerprint density at radius 2 is 2.04 bits per heavy atom. The van der Waals surface area contributed by atoms with Crippen LogP contribution >= 0.6 is 23.1 Å². The maximum atomic E-state index is 5.81. The van der Waals surface area contributed by atoms with Gasteiger partial charge in [0.1, 0.15) is 5.76 Å². The summed E-state index contributed by atoms with van der Waals surface area (Å²) in [6, 6.07) is 14.3. The van der Waals surface area contributed by atoms with Gasteiger partial charge in [0, 0.05) is 22.2 Å². The monoisotopic (exact) mass is 338 g/mol. The van der Waals surface area contributed by atoms with Crippen LogP contribution in [-0.2, 0) is 5.75 Å². The fourth-order valence-corrected chi connectivity index (χ4v) is 4.10. The molecule has 0 spiro atoms. The number of thiophene rings is 1. The van der Waals surface area contributed by atoms with Gasteiger partial charge in [-0.25, -0.2) is 4.98 Å². The number of para-hydroxylation sites is 1. The van der Waals surface area contributed by atoms with Crippen LogP contribution in [-0.4, -0.2) is 9.97 Å². The highest BCUT2D eigenvalue weighted by molar-refractivity contribution is 7.98. The lowest BCUT2D eigenvalue weighted by atomic mass is 10.2. The number of aryl methyl sites for hydroxylation is 1. The first kappa shape index (κ1) is 14.5. The van der Waals surface area contributed by atoms with E-state index in [0.717, 1.165) is 27.6 Å². The van der Waals surface area contributed by atoms with Gasteiger partial charge in [0.05, 0.1) is 16.1 Å². The third-order valence-electron chi connectivity index (χ3n) is 3.60. The van der Waals surface area contributed by atoms with Crippen LogP contribution in [0.4, 0.5) is 0 Å². The van der Waals surface area contributed by atoms with Gasteiger partial charge in [0.25, 0.3) is 0 Å². The van der Waals surface area contributed by atoms with Crippen molar-refractivity contribution in [2.24, 2.45) is 0 Å². The molecule has 0 amide bonds. The van der Waals surface area contributed by atoms with E-state index in [1.165, 1.54) is 10.3 Å². The minimum Gasteiger partial charge on any atom is -0.440 e. The molecule has 0 N–H and O–H groups in total. The van der Waals surface area contributed by atoms with E-state index in [0.29, 0.717) is 5.89 Å². The molecule has 0 saturated heterocycles. The number of thioether (sulfide) groups is 1. The molecule has 5 heteroatoms. The average Bonchev–Trinajstić information content (AvgIpc) is 3.22. The Kier molecular flexibility index (Phi) is 3.89. The molecular weight excluding hydrogens is 324 g/mol. The van der Waals surface area contributed by atoms with Gasteiger partial charge in [-0.1, -0.05) is 24.3 Å². The molecule has 3 heterocycles. The van der Waals surface area contributed by atoms with E-state index in [1.807, 2.05) is 48.8 Å². The second-order valence-electron chi connectivity index (χ2n) is 5.11. The van der Waals surface area contributed by atoms with E-state index in [1.54, 1.807) is 23.1 Å². The van der Waals surface area contributed by atoms with Gasteiger partial charge in [-0.05, 0) is 30.5 Å². The zero-order valence-corrected chi connectivity index (χ0v) is 14.2. The van der Waals surface area contributed by atoms with E-state index >= 15 is 0 Å². The van der Waals surface area contributed by atoms with Crippen molar-refractivity contribution in [3.8, 4) is 10.8 Å². The molecule has 0 fully saturated rings. The van der Waals surface area contributed by atoms with Crippen LogP contribution in [0.1, 0.15) is 11.5 Å². The highest BCUT2D eigenvalue weighted by Crippen LogP contribution is 2.32. The molecule has 114 valence electrons. The van der Waals surface area contributed by atoms with Crippen LogP contribution in [0.15, 0.2) is 63.4 Å². The van der Waals surface area contributed by atoms with Gasteiger partial charge in [-0.2, -0.15) is 0 Å². The van der Waals surface area contributed by atoms with Crippen LogP contribution in [0.3, 0.4) is 0 Å². The summed E-state index contributed by atoms with van der Waals surface area (Å²) in [6.45, 7) is 1.98. The van der Waals surface area contributed by atoms with E-state index < -0.39 is 0 Å². The Morgan fingerprint density at radius 3 is 2.91 bits per heavy atom. The number of nitrogens with zero attached hydrogens (tertiary/aromatic N) is 2. The molecule has 0 atom stereocenters. The summed E-state index contributed by atoms with van der Waals surface area (Å²) in [5.41, 5.74) is 2.02. The number of rotatable bonds is 4. The largest absolute Gasteiger partial charge is 0.440 e. The molecule has 3 nitrogen and oxygen atoms in total. The predicted octanol–water partition coefficient (Wildman–Crippen LogP) is 5.55. The van der Waals surface area contributed by atoms with E-state index in [4.69, 9.17) is 4.42 Å². The van der Waals surface area contributed by atoms with Crippen molar-refractivity contribution >= 4 is 34.0 Å². The van der Waals surface area contributed by atoms with Crippen molar-refractivity contribution in [1.82, 2.24) is 9.97 Å². The number of pyridine rings is 1. The van der Waals surface area contributed by atoms with Crippen LogP contribution in [0.5, 0.6) is 0 Å². The molecule has 0 aliphatic heterocycles. The van der Waals surface area contributed by atoms with Gasteiger partial charge in [-0.15, -0.1) is 23.1 Å². The molecule has 3 aromatic heterocycles. The summed E-state index contributed by atoms with van der Waals surface area (Å²) >= 11 is 3.41. The molecular formula is C18H14N2OS2. The summed E-state index contributed by atoms with van der Waals surface area (Å²) in [7, 11) is 0. The first-order chi connectivity index (χ1) is 11.3. The van der Waals surface area contributed by atoms with Crippen molar-refractivity contribution < 1.29 is 4.42 Å². The summed E-state index contributed by atoms with van der Waals surface area (Å²) in [4.78, 5) is 11.3. The Labute approximate surface area is 142 Å². The fourth-order valence-electron chi connectivity index (χ4n) is 2.41. The highest BCUT2D eigenvalue weighted by Gasteiger charge is 2.13. The zero-order valence-electron chi connectivity index (χ0n) is 12.5. The van der Waals surface area contributed by atoms with Gasteiger partial charge in [-0.3, -0.25) is 4.98 Å². The minimum absolute atomic E-state index is 0.715. The van der Waals surface area contributed by atoms with E-state index in [2.05, 4.69) is 22.1 Å². The lowest BCUT2D eigenvalue weighted by Gasteiger charge is -2.04. The SMILES string of the molecule is Cc1oc(-c2cccs2)nc1CSc1ccnc2ccccc12. The molecule has 4 rings (SSSR count).